The van der Waals surface area contributed by atoms with Gasteiger partial charge in [0, 0.05) is 34.9 Å². The first-order chi connectivity index (χ1) is 14.0. The number of carbonyl (C=O) groups excluding carboxylic acids is 1. The number of aromatic nitrogens is 2. The van der Waals surface area contributed by atoms with Crippen LogP contribution in [0.1, 0.15) is 47.7 Å². The highest BCUT2D eigenvalue weighted by molar-refractivity contribution is 9.10. The van der Waals surface area contributed by atoms with Gasteiger partial charge < -0.3 is 9.73 Å². The number of benzene rings is 1. The van der Waals surface area contributed by atoms with Gasteiger partial charge in [-0.15, -0.1) is 0 Å². The zero-order valence-corrected chi connectivity index (χ0v) is 17.3. The fourth-order valence-corrected chi connectivity index (χ4v) is 4.07. The lowest BCUT2D eigenvalue weighted by atomic mass is 10.0. The number of hydrogen-bond acceptors (Lipinski definition) is 5. The summed E-state index contributed by atoms with van der Waals surface area (Å²) in [6.07, 6.45) is 6.06. The first-order valence-electron chi connectivity index (χ1n) is 9.59. The van der Waals surface area contributed by atoms with Crippen LogP contribution in [0, 0.1) is 0 Å². The molecule has 0 aliphatic heterocycles. The van der Waals surface area contributed by atoms with Crippen molar-refractivity contribution in [1.82, 2.24) is 14.9 Å². The van der Waals surface area contributed by atoms with Crippen molar-refractivity contribution in [2.75, 3.05) is 6.54 Å². The molecule has 1 aromatic carbocycles. The number of nitrogens with one attached hydrogen (secondary N) is 1. The molecule has 7 nitrogen and oxygen atoms in total. The molecule has 1 N–H and O–H groups in total. The number of halogens is 1. The van der Waals surface area contributed by atoms with Crippen LogP contribution in [0.15, 0.2) is 55.1 Å². The highest BCUT2D eigenvalue weighted by atomic mass is 79.9. The van der Waals surface area contributed by atoms with E-state index in [4.69, 9.17) is 4.42 Å². The Morgan fingerprint density at radius 3 is 2.76 bits per heavy atom. The quantitative estimate of drug-likeness (QED) is 0.593. The van der Waals surface area contributed by atoms with Gasteiger partial charge in [0.2, 0.25) is 0 Å². The molecule has 2 heterocycles. The van der Waals surface area contributed by atoms with Crippen LogP contribution in [-0.4, -0.2) is 22.0 Å². The van der Waals surface area contributed by atoms with Gasteiger partial charge in [-0.05, 0) is 37.1 Å². The number of nitrogens with zero attached hydrogens (tertiary/aromatic N) is 2. The Bertz CT molecular complexity index is 1180. The summed E-state index contributed by atoms with van der Waals surface area (Å²) in [4.78, 5) is 41.2. The zero-order valence-electron chi connectivity index (χ0n) is 15.7. The Kier molecular flexibility index (Phi) is 5.62. The lowest BCUT2D eigenvalue weighted by Gasteiger charge is -2.11. The first-order valence-corrected chi connectivity index (χ1v) is 10.4. The first kappa shape index (κ1) is 19.6. The molecule has 0 unspecified atom stereocenters. The van der Waals surface area contributed by atoms with Gasteiger partial charge in [-0.25, -0.2) is 9.78 Å². The maximum atomic E-state index is 12.4. The molecule has 0 spiro atoms. The van der Waals surface area contributed by atoms with Gasteiger partial charge in [0.15, 0.2) is 0 Å². The molecule has 0 radical (unpaired) electrons. The molecule has 1 aliphatic rings. The minimum Gasteiger partial charge on any atom is -0.422 e. The van der Waals surface area contributed by atoms with E-state index in [1.807, 2.05) is 0 Å². The molecule has 29 heavy (non-hydrogen) atoms. The van der Waals surface area contributed by atoms with Crippen LogP contribution >= 0.6 is 15.9 Å². The van der Waals surface area contributed by atoms with Crippen LogP contribution < -0.4 is 16.5 Å². The van der Waals surface area contributed by atoms with Gasteiger partial charge in [-0.2, -0.15) is 0 Å². The molecule has 0 bridgehead atoms. The Hall–Kier alpha value is -2.74. The summed E-state index contributed by atoms with van der Waals surface area (Å²) in [6, 6.07) is 8.29. The average molecular weight is 458 g/mol. The lowest BCUT2D eigenvalue weighted by Crippen LogP contribution is -2.33. The summed E-state index contributed by atoms with van der Waals surface area (Å²) in [7, 11) is 0. The van der Waals surface area contributed by atoms with Crippen LogP contribution in [0.2, 0.25) is 0 Å². The van der Waals surface area contributed by atoms with E-state index in [1.54, 1.807) is 24.3 Å². The third-order valence-electron chi connectivity index (χ3n) is 5.25. The summed E-state index contributed by atoms with van der Waals surface area (Å²) in [6.45, 7) is 0.464. The van der Waals surface area contributed by atoms with Crippen molar-refractivity contribution in [1.29, 1.82) is 0 Å². The molecule has 1 amide bonds. The van der Waals surface area contributed by atoms with Crippen molar-refractivity contribution < 1.29 is 9.21 Å². The van der Waals surface area contributed by atoms with Gasteiger partial charge >= 0.3 is 5.63 Å². The normalized spacial score (nSPS) is 14.4. The van der Waals surface area contributed by atoms with E-state index in [2.05, 4.69) is 26.2 Å². The van der Waals surface area contributed by atoms with Crippen LogP contribution in [0.25, 0.3) is 11.0 Å². The van der Waals surface area contributed by atoms with Crippen molar-refractivity contribution in [2.24, 2.45) is 0 Å². The Morgan fingerprint density at radius 1 is 1.21 bits per heavy atom. The van der Waals surface area contributed by atoms with Crippen molar-refractivity contribution in [2.45, 2.75) is 38.1 Å². The predicted octanol–water partition coefficient (Wildman–Crippen LogP) is 3.20. The molecule has 150 valence electrons. The van der Waals surface area contributed by atoms with Gasteiger partial charge in [0.25, 0.3) is 11.5 Å². The highest BCUT2D eigenvalue weighted by Gasteiger charge is 2.19. The molecule has 1 aliphatic carbocycles. The fraction of sp³-hybridized carbons (Fsp3) is 0.333. The molecule has 8 heteroatoms. The molecule has 0 saturated heterocycles. The van der Waals surface area contributed by atoms with Crippen LogP contribution in [0.4, 0.5) is 0 Å². The Balaban J connectivity index is 1.42. The molecular formula is C21H20BrN3O4. The van der Waals surface area contributed by atoms with Crippen molar-refractivity contribution in [3.63, 3.8) is 0 Å². The summed E-state index contributed by atoms with van der Waals surface area (Å²) in [5, 5.41) is 3.31. The molecule has 3 aromatic rings. The molecule has 0 atom stereocenters. The highest BCUT2D eigenvalue weighted by Crippen LogP contribution is 2.32. The van der Waals surface area contributed by atoms with E-state index >= 15 is 0 Å². The van der Waals surface area contributed by atoms with E-state index in [0.29, 0.717) is 16.9 Å². The predicted molar refractivity (Wildman–Crippen MR) is 112 cm³/mol. The third-order valence-corrected chi connectivity index (χ3v) is 5.74. The van der Waals surface area contributed by atoms with Gasteiger partial charge in [-0.1, -0.05) is 28.8 Å². The minimum atomic E-state index is -0.697. The number of fused-ring (bicyclic) bond motifs is 1. The summed E-state index contributed by atoms with van der Waals surface area (Å²) < 4.78 is 7.49. The van der Waals surface area contributed by atoms with E-state index in [1.165, 1.54) is 29.8 Å². The fourth-order valence-electron chi connectivity index (χ4n) is 3.69. The van der Waals surface area contributed by atoms with E-state index in [-0.39, 0.29) is 24.2 Å². The standard InChI is InChI=1S/C21H20BrN3O4/c22-15-5-6-18-14(9-15)10-16(21(28)29-18)20(27)23-7-8-25-12-24-17(11-19(25)26)13-3-1-2-4-13/h5-6,9-13H,1-4,7-8H2,(H,23,27). The Morgan fingerprint density at radius 2 is 2.00 bits per heavy atom. The molecule has 1 saturated carbocycles. The van der Waals surface area contributed by atoms with Crippen molar-refractivity contribution >= 4 is 32.8 Å². The van der Waals surface area contributed by atoms with Gasteiger partial charge in [0.1, 0.15) is 11.1 Å². The third kappa shape index (κ3) is 4.32. The van der Waals surface area contributed by atoms with E-state index in [9.17, 15) is 14.4 Å². The van der Waals surface area contributed by atoms with E-state index < -0.39 is 11.5 Å². The maximum absolute atomic E-state index is 12.4. The van der Waals surface area contributed by atoms with Crippen LogP contribution in [0.5, 0.6) is 0 Å². The smallest absolute Gasteiger partial charge is 0.349 e. The molecule has 1 fully saturated rings. The lowest BCUT2D eigenvalue weighted by molar-refractivity contribution is 0.0948. The molecular weight excluding hydrogens is 438 g/mol. The largest absolute Gasteiger partial charge is 0.422 e. The summed E-state index contributed by atoms with van der Waals surface area (Å²) in [5.74, 6) is -0.159. The second kappa shape index (κ2) is 8.32. The van der Waals surface area contributed by atoms with E-state index in [0.717, 1.165) is 23.0 Å². The van der Waals surface area contributed by atoms with Gasteiger partial charge in [0.05, 0.1) is 12.0 Å². The van der Waals surface area contributed by atoms with Crippen molar-refractivity contribution in [3.8, 4) is 0 Å². The van der Waals surface area contributed by atoms with Gasteiger partial charge in [-0.3, -0.25) is 14.2 Å². The summed E-state index contributed by atoms with van der Waals surface area (Å²) in [5.41, 5.74) is 0.364. The van der Waals surface area contributed by atoms with Crippen molar-refractivity contribution in [3.05, 3.63) is 73.2 Å². The zero-order chi connectivity index (χ0) is 20.4. The topological polar surface area (TPSA) is 94.2 Å². The number of amides is 1. The summed E-state index contributed by atoms with van der Waals surface area (Å²) >= 11 is 3.35. The SMILES string of the molecule is O=C(NCCn1cnc(C2CCCC2)cc1=O)c1cc2cc(Br)ccc2oc1=O. The maximum Gasteiger partial charge on any atom is 0.349 e. The average Bonchev–Trinajstić information content (AvgIpc) is 3.23. The monoisotopic (exact) mass is 457 g/mol. The second-order valence-corrected chi connectivity index (χ2v) is 8.13. The number of hydrogen-bond donors (Lipinski definition) is 1. The number of rotatable bonds is 5. The minimum absolute atomic E-state index is 0.0716. The number of carbonyl (C=O) groups is 1. The molecule has 2 aromatic heterocycles. The second-order valence-electron chi connectivity index (χ2n) is 7.21. The van der Waals surface area contributed by atoms with Crippen LogP contribution in [0.3, 0.4) is 0 Å². The van der Waals surface area contributed by atoms with Crippen LogP contribution in [-0.2, 0) is 6.54 Å². The molecule has 4 rings (SSSR count). The Labute approximate surface area is 174 Å².